The van der Waals surface area contributed by atoms with Crippen LogP contribution in [0.2, 0.25) is 0 Å². The average Bonchev–Trinajstić information content (AvgIpc) is 3.03. The van der Waals surface area contributed by atoms with Crippen molar-refractivity contribution in [2.24, 2.45) is 0 Å². The highest BCUT2D eigenvalue weighted by Crippen LogP contribution is 2.34. The summed E-state index contributed by atoms with van der Waals surface area (Å²) in [7, 11) is 0. The van der Waals surface area contributed by atoms with E-state index in [0.29, 0.717) is 0 Å². The quantitative estimate of drug-likeness (QED) is 0.887. The van der Waals surface area contributed by atoms with Gasteiger partial charge < -0.3 is 5.32 Å². The van der Waals surface area contributed by atoms with E-state index in [4.69, 9.17) is 0 Å². The van der Waals surface area contributed by atoms with Gasteiger partial charge in [0, 0.05) is 29.4 Å². The molecule has 1 aliphatic heterocycles. The largest absolute Gasteiger partial charge is 0.380 e. The van der Waals surface area contributed by atoms with Gasteiger partial charge in [0.05, 0.1) is 5.69 Å². The van der Waals surface area contributed by atoms with Crippen LogP contribution in [0, 0.1) is 0 Å². The summed E-state index contributed by atoms with van der Waals surface area (Å²) >= 11 is 0. The molecule has 0 fully saturated rings. The fourth-order valence-electron chi connectivity index (χ4n) is 2.79. The van der Waals surface area contributed by atoms with Crippen molar-refractivity contribution in [3.63, 3.8) is 0 Å². The lowest BCUT2D eigenvalue weighted by atomic mass is 9.96. The number of rotatable bonds is 3. The third-order valence-electron chi connectivity index (χ3n) is 3.88. The minimum atomic E-state index is 0.212. The molecule has 2 aromatic rings. The molecule has 0 saturated carbocycles. The standard InChI is InChI=1S/C18H20N4.C2H6/c1-5-14-16(6-2)19-11-13-9-7-8-10-15(13)17-18(14)22(12(3)4)21-20-17;1-2/h5-10,12,19H,1-2,11H2,3-4H3;1-2H3/b16-14-;. The van der Waals surface area contributed by atoms with Crippen molar-refractivity contribution in [1.82, 2.24) is 20.3 Å². The second-order valence-corrected chi connectivity index (χ2v) is 5.57. The summed E-state index contributed by atoms with van der Waals surface area (Å²) in [5.41, 5.74) is 6.13. The molecule has 4 heteroatoms. The van der Waals surface area contributed by atoms with Crippen molar-refractivity contribution in [3.8, 4) is 11.3 Å². The van der Waals surface area contributed by atoms with E-state index >= 15 is 0 Å². The molecule has 1 aromatic carbocycles. The van der Waals surface area contributed by atoms with Gasteiger partial charge in [-0.3, -0.25) is 0 Å². The maximum Gasteiger partial charge on any atom is 0.121 e. The van der Waals surface area contributed by atoms with E-state index in [1.165, 1.54) is 5.56 Å². The molecule has 0 spiro atoms. The molecule has 1 aliphatic rings. The summed E-state index contributed by atoms with van der Waals surface area (Å²) in [6.45, 7) is 16.8. The average molecular weight is 322 g/mol. The minimum absolute atomic E-state index is 0.212. The monoisotopic (exact) mass is 322 g/mol. The van der Waals surface area contributed by atoms with E-state index in [0.717, 1.165) is 34.8 Å². The first-order valence-electron chi connectivity index (χ1n) is 8.44. The third kappa shape index (κ3) is 3.04. The summed E-state index contributed by atoms with van der Waals surface area (Å²) < 4.78 is 1.94. The minimum Gasteiger partial charge on any atom is -0.380 e. The van der Waals surface area contributed by atoms with E-state index in [9.17, 15) is 0 Å². The molecule has 3 rings (SSSR count). The second-order valence-electron chi connectivity index (χ2n) is 5.57. The maximum absolute atomic E-state index is 4.46. The molecule has 4 nitrogen and oxygen atoms in total. The van der Waals surface area contributed by atoms with E-state index < -0.39 is 0 Å². The number of fused-ring (bicyclic) bond motifs is 3. The molecule has 24 heavy (non-hydrogen) atoms. The first-order valence-corrected chi connectivity index (χ1v) is 8.44. The molecule has 0 radical (unpaired) electrons. The van der Waals surface area contributed by atoms with E-state index in [1.807, 2.05) is 42.8 Å². The Morgan fingerprint density at radius 3 is 2.50 bits per heavy atom. The van der Waals surface area contributed by atoms with Crippen LogP contribution >= 0.6 is 0 Å². The first-order chi connectivity index (χ1) is 11.7. The predicted molar refractivity (Wildman–Crippen MR) is 101 cm³/mol. The summed E-state index contributed by atoms with van der Waals surface area (Å²) in [5.74, 6) is 0. The van der Waals surface area contributed by atoms with Gasteiger partial charge in [-0.25, -0.2) is 4.68 Å². The molecule has 0 unspecified atom stereocenters. The molecule has 0 atom stereocenters. The normalized spacial score (nSPS) is 15.9. The second kappa shape index (κ2) is 7.77. The van der Waals surface area contributed by atoms with Crippen molar-refractivity contribution in [2.45, 2.75) is 40.3 Å². The van der Waals surface area contributed by atoms with Crippen LogP contribution < -0.4 is 5.32 Å². The van der Waals surface area contributed by atoms with Gasteiger partial charge in [-0.2, -0.15) is 0 Å². The van der Waals surface area contributed by atoms with Gasteiger partial charge in [0.1, 0.15) is 5.69 Å². The van der Waals surface area contributed by atoms with E-state index in [1.54, 1.807) is 0 Å². The molecule has 0 bridgehead atoms. The summed E-state index contributed by atoms with van der Waals surface area (Å²) in [5, 5.41) is 12.3. The molecular weight excluding hydrogens is 296 g/mol. The maximum atomic E-state index is 4.46. The predicted octanol–water partition coefficient (Wildman–Crippen LogP) is 4.74. The lowest BCUT2D eigenvalue weighted by Crippen LogP contribution is -2.17. The zero-order chi connectivity index (χ0) is 17.7. The smallest absolute Gasteiger partial charge is 0.121 e. The highest BCUT2D eigenvalue weighted by Gasteiger charge is 2.24. The van der Waals surface area contributed by atoms with Crippen molar-refractivity contribution in [3.05, 3.63) is 66.5 Å². The Bertz CT molecular complexity index is 766. The lowest BCUT2D eigenvalue weighted by Gasteiger charge is -2.20. The first kappa shape index (κ1) is 17.7. The zero-order valence-electron chi connectivity index (χ0n) is 15.0. The van der Waals surface area contributed by atoms with Crippen molar-refractivity contribution >= 4 is 5.57 Å². The summed E-state index contributed by atoms with van der Waals surface area (Å²) in [6, 6.07) is 8.49. The van der Waals surface area contributed by atoms with Gasteiger partial charge in [0.15, 0.2) is 0 Å². The number of aromatic nitrogens is 3. The third-order valence-corrected chi connectivity index (χ3v) is 3.88. The zero-order valence-corrected chi connectivity index (χ0v) is 15.0. The van der Waals surface area contributed by atoms with Crippen LogP contribution in [-0.4, -0.2) is 15.0 Å². The number of nitrogens with one attached hydrogen (secondary N) is 1. The highest BCUT2D eigenvalue weighted by atomic mass is 15.4. The van der Waals surface area contributed by atoms with Gasteiger partial charge in [0.2, 0.25) is 0 Å². The van der Waals surface area contributed by atoms with Crippen molar-refractivity contribution < 1.29 is 0 Å². The number of nitrogens with zero attached hydrogens (tertiary/aromatic N) is 3. The van der Waals surface area contributed by atoms with Gasteiger partial charge >= 0.3 is 0 Å². The van der Waals surface area contributed by atoms with Gasteiger partial charge in [-0.15, -0.1) is 5.10 Å². The number of hydrogen-bond acceptors (Lipinski definition) is 3. The van der Waals surface area contributed by atoms with Crippen LogP contribution in [0.25, 0.3) is 16.8 Å². The molecule has 0 saturated heterocycles. The van der Waals surface area contributed by atoms with Crippen molar-refractivity contribution in [2.75, 3.05) is 0 Å². The Labute approximate surface area is 144 Å². The van der Waals surface area contributed by atoms with Gasteiger partial charge in [-0.05, 0) is 25.5 Å². The number of hydrogen-bond donors (Lipinski definition) is 1. The molecule has 1 N–H and O–H groups in total. The Balaban J connectivity index is 0.00000100. The van der Waals surface area contributed by atoms with E-state index in [2.05, 4.69) is 54.8 Å². The number of benzene rings is 1. The Hall–Kier alpha value is -2.62. The van der Waals surface area contributed by atoms with Crippen LogP contribution in [0.3, 0.4) is 0 Å². The summed E-state index contributed by atoms with van der Waals surface area (Å²) in [4.78, 5) is 0. The van der Waals surface area contributed by atoms with Crippen LogP contribution in [0.1, 0.15) is 45.0 Å². The fourth-order valence-corrected chi connectivity index (χ4v) is 2.79. The Morgan fingerprint density at radius 1 is 1.17 bits per heavy atom. The number of allylic oxidation sites excluding steroid dienone is 3. The van der Waals surface area contributed by atoms with Crippen LogP contribution in [0.5, 0.6) is 0 Å². The van der Waals surface area contributed by atoms with Gasteiger partial charge in [-0.1, -0.05) is 62.6 Å². The molecule has 1 aromatic heterocycles. The van der Waals surface area contributed by atoms with Crippen LogP contribution in [0.4, 0.5) is 0 Å². The van der Waals surface area contributed by atoms with E-state index in [-0.39, 0.29) is 6.04 Å². The topological polar surface area (TPSA) is 42.7 Å². The molecule has 0 aliphatic carbocycles. The Kier molecular flexibility index (Phi) is 5.74. The summed E-state index contributed by atoms with van der Waals surface area (Å²) in [6.07, 6.45) is 3.67. The van der Waals surface area contributed by atoms with Gasteiger partial charge in [0.25, 0.3) is 0 Å². The molecule has 0 amide bonds. The highest BCUT2D eigenvalue weighted by molar-refractivity contribution is 5.85. The van der Waals surface area contributed by atoms with Crippen LogP contribution in [-0.2, 0) is 6.54 Å². The molecular formula is C20H26N4. The lowest BCUT2D eigenvalue weighted by molar-refractivity contribution is 0.509. The fraction of sp³-hybridized carbons (Fsp3) is 0.300. The molecule has 2 heterocycles. The Morgan fingerprint density at radius 2 is 1.88 bits per heavy atom. The SMILES string of the molecule is C=C/C1=C(\C=C)c2c(nnn2C(C)C)-c2ccccc2CN1.CC. The molecule has 126 valence electrons. The van der Waals surface area contributed by atoms with Crippen LogP contribution in [0.15, 0.2) is 55.3 Å². The van der Waals surface area contributed by atoms with Crippen molar-refractivity contribution in [1.29, 1.82) is 0 Å².